The van der Waals surface area contributed by atoms with Crippen molar-refractivity contribution in [2.45, 2.75) is 0 Å². The molecule has 33 heavy (non-hydrogen) atoms. The number of ether oxygens (including phenoxy) is 1. The predicted octanol–water partition coefficient (Wildman–Crippen LogP) is 7.46. The van der Waals surface area contributed by atoms with E-state index in [1.165, 1.54) is 30.3 Å². The third kappa shape index (κ3) is 6.02. The largest absolute Gasteiger partial charge is 0.379 e. The maximum absolute atomic E-state index is 12.4. The molecule has 0 atom stereocenters. The first-order chi connectivity index (χ1) is 16.1. The number of carbonyl (C=O) groups excluding carboxylic acids is 2. The molecule has 0 radical (unpaired) electrons. The van der Waals surface area contributed by atoms with Crippen molar-refractivity contribution in [1.29, 1.82) is 0 Å². The van der Waals surface area contributed by atoms with Gasteiger partial charge >= 0.3 is 0 Å². The van der Waals surface area contributed by atoms with Gasteiger partial charge in [0.05, 0.1) is 56.3 Å². The van der Waals surface area contributed by atoms with Crippen molar-refractivity contribution in [3.05, 3.63) is 60.8 Å². The Bertz CT molecular complexity index is 999. The van der Waals surface area contributed by atoms with E-state index in [0.717, 1.165) is 5.75 Å². The Morgan fingerprint density at radius 1 is 0.758 bits per heavy atom. The van der Waals surface area contributed by atoms with Crippen molar-refractivity contribution >= 4 is 106 Å². The molecule has 0 aromatic heterocycles. The Hall–Kier alpha value is 0.340. The van der Waals surface area contributed by atoms with Crippen LogP contribution in [0.3, 0.4) is 0 Å². The van der Waals surface area contributed by atoms with E-state index in [9.17, 15) is 9.59 Å². The number of nitrogens with zero attached hydrogens (tertiary/aromatic N) is 1. The minimum absolute atomic E-state index is 0.227. The van der Waals surface area contributed by atoms with Crippen LogP contribution in [0.15, 0.2) is 49.7 Å². The van der Waals surface area contributed by atoms with E-state index < -0.39 is 0 Å². The van der Waals surface area contributed by atoms with Crippen LogP contribution in [0.5, 0.6) is 0 Å². The normalized spacial score (nSPS) is 18.5. The zero-order valence-corrected chi connectivity index (χ0v) is 24.6. The number of thioether (sulfide) groups is 8. The van der Waals surface area contributed by atoms with E-state index in [0.29, 0.717) is 24.3 Å². The first kappa shape index (κ1) is 26.4. The highest BCUT2D eigenvalue weighted by Gasteiger charge is 2.34. The lowest BCUT2D eigenvalue weighted by atomic mass is 10.1. The molecule has 2 amide bonds. The van der Waals surface area contributed by atoms with Crippen LogP contribution in [0.4, 0.5) is 0 Å². The van der Waals surface area contributed by atoms with Gasteiger partial charge in [0.15, 0.2) is 0 Å². The van der Waals surface area contributed by atoms with E-state index in [4.69, 9.17) is 4.74 Å². The van der Waals surface area contributed by atoms with Gasteiger partial charge in [0.25, 0.3) is 11.8 Å². The Morgan fingerprint density at radius 3 is 1.76 bits per heavy atom. The molecular formula is C21H21NO3S8. The number of benzene rings is 1. The third-order valence-corrected chi connectivity index (χ3v) is 15.7. The highest BCUT2D eigenvalue weighted by Crippen LogP contribution is 2.65. The molecule has 3 aliphatic heterocycles. The van der Waals surface area contributed by atoms with Crippen molar-refractivity contribution in [3.8, 4) is 0 Å². The van der Waals surface area contributed by atoms with Crippen molar-refractivity contribution in [2.75, 3.05) is 44.3 Å². The van der Waals surface area contributed by atoms with Crippen LogP contribution in [0.25, 0.3) is 0 Å². The van der Waals surface area contributed by atoms with E-state index in [2.05, 4.69) is 18.8 Å². The number of hydrogen-bond acceptors (Lipinski definition) is 11. The molecule has 0 saturated carbocycles. The molecule has 1 aromatic carbocycles. The second-order valence-electron chi connectivity index (χ2n) is 6.51. The van der Waals surface area contributed by atoms with Gasteiger partial charge in [-0.2, -0.15) is 0 Å². The molecule has 3 heterocycles. The summed E-state index contributed by atoms with van der Waals surface area (Å²) >= 11 is 14.8. The number of hydrogen-bond donors (Lipinski definition) is 0. The lowest BCUT2D eigenvalue weighted by molar-refractivity contribution is 0.0576. The molecule has 4 nitrogen and oxygen atoms in total. The quantitative estimate of drug-likeness (QED) is 0.201. The summed E-state index contributed by atoms with van der Waals surface area (Å²) in [6.45, 7) is 1.22. The van der Waals surface area contributed by atoms with E-state index in [-0.39, 0.29) is 18.4 Å². The fraction of sp³-hybridized carbons (Fsp3) is 0.333. The molecular weight excluding hydrogens is 571 g/mol. The zero-order chi connectivity index (χ0) is 23.4. The summed E-state index contributed by atoms with van der Waals surface area (Å²) in [4.78, 5) is 26.1. The summed E-state index contributed by atoms with van der Waals surface area (Å²) in [5.74, 6) is 0.381. The van der Waals surface area contributed by atoms with Crippen molar-refractivity contribution in [3.63, 3.8) is 0 Å². The van der Waals surface area contributed by atoms with Crippen LogP contribution in [-0.4, -0.2) is 61.0 Å². The lowest BCUT2D eigenvalue weighted by Gasteiger charge is -2.13. The van der Waals surface area contributed by atoms with Crippen molar-refractivity contribution in [1.82, 2.24) is 4.90 Å². The van der Waals surface area contributed by atoms with Gasteiger partial charge < -0.3 is 4.74 Å². The Morgan fingerprint density at radius 2 is 1.24 bits per heavy atom. The first-order valence-electron chi connectivity index (χ1n) is 9.79. The van der Waals surface area contributed by atoms with E-state index in [1.54, 1.807) is 36.0 Å². The van der Waals surface area contributed by atoms with Gasteiger partial charge in [-0.15, -0.1) is 47.0 Å². The maximum atomic E-state index is 12.4. The Kier molecular flexibility index (Phi) is 10.0. The van der Waals surface area contributed by atoms with Crippen LogP contribution in [0.1, 0.15) is 20.7 Å². The number of rotatable bonds is 10. The topological polar surface area (TPSA) is 46.6 Å². The number of fused-ring (bicyclic) bond motifs is 1. The lowest BCUT2D eigenvalue weighted by Crippen LogP contribution is -2.33. The molecule has 0 bridgehead atoms. The van der Waals surface area contributed by atoms with Crippen LogP contribution in [-0.2, 0) is 4.74 Å². The van der Waals surface area contributed by atoms with Crippen LogP contribution in [0.2, 0.25) is 0 Å². The van der Waals surface area contributed by atoms with E-state index in [1.807, 2.05) is 82.3 Å². The minimum atomic E-state index is -0.227. The van der Waals surface area contributed by atoms with Gasteiger partial charge in [-0.05, 0) is 30.9 Å². The summed E-state index contributed by atoms with van der Waals surface area (Å²) in [5, 5.41) is 0. The molecule has 0 spiro atoms. The molecule has 4 rings (SSSR count). The summed E-state index contributed by atoms with van der Waals surface area (Å²) in [5.41, 5.74) is 0.969. The smallest absolute Gasteiger partial charge is 0.261 e. The van der Waals surface area contributed by atoms with Gasteiger partial charge in [-0.1, -0.05) is 59.2 Å². The summed E-state index contributed by atoms with van der Waals surface area (Å²) in [7, 11) is 0. The van der Waals surface area contributed by atoms with Crippen LogP contribution >= 0.6 is 94.1 Å². The SMILES string of the molecule is CSC1=C(SC)SC(=C2SC(SC)=C(SCCOCCN3C(=O)c4ccccc4C3=O)S2)S1. The van der Waals surface area contributed by atoms with E-state index >= 15 is 0 Å². The summed E-state index contributed by atoms with van der Waals surface area (Å²) in [6, 6.07) is 6.97. The minimum Gasteiger partial charge on any atom is -0.379 e. The van der Waals surface area contributed by atoms with Gasteiger partial charge in [0.2, 0.25) is 0 Å². The molecule has 12 heteroatoms. The van der Waals surface area contributed by atoms with Gasteiger partial charge in [-0.25, -0.2) is 0 Å². The van der Waals surface area contributed by atoms with Crippen molar-refractivity contribution in [2.24, 2.45) is 0 Å². The molecule has 0 unspecified atom stereocenters. The fourth-order valence-corrected chi connectivity index (χ4v) is 13.7. The second-order valence-corrected chi connectivity index (χ2v) is 15.7. The maximum Gasteiger partial charge on any atom is 0.261 e. The summed E-state index contributed by atoms with van der Waals surface area (Å²) in [6.07, 6.45) is 6.41. The predicted molar refractivity (Wildman–Crippen MR) is 157 cm³/mol. The number of imide groups is 1. The van der Waals surface area contributed by atoms with Gasteiger partial charge in [0, 0.05) is 5.75 Å². The highest BCUT2D eigenvalue weighted by atomic mass is 32.3. The molecule has 1 aromatic rings. The third-order valence-electron chi connectivity index (χ3n) is 4.60. The average molecular weight is 592 g/mol. The fourth-order valence-electron chi connectivity index (χ4n) is 3.07. The Balaban J connectivity index is 1.21. The van der Waals surface area contributed by atoms with Gasteiger partial charge in [-0.3, -0.25) is 14.5 Å². The van der Waals surface area contributed by atoms with Crippen molar-refractivity contribution < 1.29 is 14.3 Å². The number of carbonyl (C=O) groups is 2. The van der Waals surface area contributed by atoms with Crippen LogP contribution in [0, 0.1) is 0 Å². The monoisotopic (exact) mass is 591 g/mol. The summed E-state index contributed by atoms with van der Waals surface area (Å²) < 4.78 is 14.0. The molecule has 0 N–H and O–H groups in total. The zero-order valence-electron chi connectivity index (χ0n) is 18.1. The first-order valence-corrected chi connectivity index (χ1v) is 17.7. The standard InChI is InChI=1S/C21H21NO3S8/c1-26-16-17(27-2)31-20(30-16)21-32-18(28-3)19(33-21)29-11-10-25-9-8-22-14(23)12-6-4-5-7-13(12)15(22)24/h4-7H,8-11H2,1-3H3. The van der Waals surface area contributed by atoms with Gasteiger partial charge in [0.1, 0.15) is 0 Å². The molecule has 0 aliphatic carbocycles. The highest BCUT2D eigenvalue weighted by molar-refractivity contribution is 8.44. The molecule has 0 fully saturated rings. The second kappa shape index (κ2) is 12.5. The Labute approximate surface area is 228 Å². The van der Waals surface area contributed by atoms with Crippen LogP contribution < -0.4 is 0 Å². The molecule has 176 valence electrons. The molecule has 0 saturated heterocycles. The number of amides is 2. The molecule has 3 aliphatic rings. The average Bonchev–Trinajstić information content (AvgIpc) is 3.51.